The van der Waals surface area contributed by atoms with Crippen LogP contribution in [0.1, 0.15) is 29.3 Å². The number of nitrogens with one attached hydrogen (secondary N) is 2. The number of methoxy groups -OCH3 is 1. The van der Waals surface area contributed by atoms with Gasteiger partial charge in [0.05, 0.1) is 17.9 Å². The van der Waals surface area contributed by atoms with Crippen LogP contribution in [0.15, 0.2) is 48.5 Å². The predicted molar refractivity (Wildman–Crippen MR) is 105 cm³/mol. The molecule has 2 aromatic carbocycles. The van der Waals surface area contributed by atoms with Crippen molar-refractivity contribution in [1.29, 1.82) is 0 Å². The minimum Gasteiger partial charge on any atom is -0.480 e. The van der Waals surface area contributed by atoms with E-state index >= 15 is 0 Å². The monoisotopic (exact) mass is 370 g/mol. The Hall–Kier alpha value is -2.86. The summed E-state index contributed by atoms with van der Waals surface area (Å²) in [4.78, 5) is 25.1. The summed E-state index contributed by atoms with van der Waals surface area (Å²) in [6, 6.07) is 14.4. The van der Waals surface area contributed by atoms with E-state index in [2.05, 4.69) is 10.6 Å². The van der Waals surface area contributed by atoms with Gasteiger partial charge in [0.25, 0.3) is 11.8 Å². The summed E-state index contributed by atoms with van der Waals surface area (Å²) in [5.41, 5.74) is 1.80. The Bertz CT molecular complexity index is 776. The van der Waals surface area contributed by atoms with Crippen molar-refractivity contribution in [2.24, 2.45) is 0 Å². The first kappa shape index (κ1) is 20.5. The molecule has 1 atom stereocenters. The number of para-hydroxylation sites is 2. The van der Waals surface area contributed by atoms with Crippen LogP contribution in [0.5, 0.6) is 5.75 Å². The van der Waals surface area contributed by atoms with Crippen molar-refractivity contribution >= 4 is 17.5 Å². The van der Waals surface area contributed by atoms with Crippen LogP contribution in [-0.4, -0.2) is 38.2 Å². The first-order valence-corrected chi connectivity index (χ1v) is 8.96. The van der Waals surface area contributed by atoms with E-state index in [0.717, 1.165) is 5.56 Å². The lowest BCUT2D eigenvalue weighted by molar-refractivity contribution is -0.122. The Morgan fingerprint density at radius 2 is 1.78 bits per heavy atom. The molecular formula is C21H26N2O4. The SMILES string of the molecule is CC[C@@H](Oc1ccccc1C)C(=O)Nc1ccccc1C(=O)NCCOC. The van der Waals surface area contributed by atoms with Crippen molar-refractivity contribution in [3.63, 3.8) is 0 Å². The fourth-order valence-corrected chi connectivity index (χ4v) is 2.53. The summed E-state index contributed by atoms with van der Waals surface area (Å²) in [6.07, 6.45) is -0.154. The second kappa shape index (κ2) is 10.3. The van der Waals surface area contributed by atoms with E-state index in [1.54, 1.807) is 31.4 Å². The standard InChI is InChI=1S/C21H26N2O4/c1-4-18(27-19-12-8-5-9-15(19)2)21(25)23-17-11-7-6-10-16(17)20(24)22-13-14-26-3/h5-12,18H,4,13-14H2,1-3H3,(H,22,24)(H,23,25)/t18-/m1/s1. The molecule has 144 valence electrons. The quantitative estimate of drug-likeness (QED) is 0.665. The van der Waals surface area contributed by atoms with Crippen LogP contribution < -0.4 is 15.4 Å². The molecule has 0 radical (unpaired) electrons. The van der Waals surface area contributed by atoms with E-state index in [0.29, 0.717) is 36.6 Å². The minimum atomic E-state index is -0.657. The number of hydrogen-bond donors (Lipinski definition) is 2. The average Bonchev–Trinajstić information content (AvgIpc) is 2.67. The first-order chi connectivity index (χ1) is 13.1. The molecule has 0 spiro atoms. The van der Waals surface area contributed by atoms with Crippen LogP contribution in [0.3, 0.4) is 0 Å². The highest BCUT2D eigenvalue weighted by atomic mass is 16.5. The third-order valence-electron chi connectivity index (χ3n) is 4.05. The van der Waals surface area contributed by atoms with Crippen molar-refractivity contribution in [3.05, 3.63) is 59.7 Å². The first-order valence-electron chi connectivity index (χ1n) is 8.96. The van der Waals surface area contributed by atoms with Crippen LogP contribution in [0.4, 0.5) is 5.69 Å². The number of carbonyl (C=O) groups excluding carboxylic acids is 2. The molecule has 0 heterocycles. The number of rotatable bonds is 9. The summed E-state index contributed by atoms with van der Waals surface area (Å²) >= 11 is 0. The summed E-state index contributed by atoms with van der Waals surface area (Å²) in [7, 11) is 1.57. The Balaban J connectivity index is 2.09. The van der Waals surface area contributed by atoms with Gasteiger partial charge in [-0.05, 0) is 37.1 Å². The molecule has 2 N–H and O–H groups in total. The molecule has 2 amide bonds. The molecular weight excluding hydrogens is 344 g/mol. The molecule has 0 unspecified atom stereocenters. The normalized spacial score (nSPS) is 11.5. The highest BCUT2D eigenvalue weighted by Crippen LogP contribution is 2.20. The van der Waals surface area contributed by atoms with Crippen LogP contribution in [0.25, 0.3) is 0 Å². The fraction of sp³-hybridized carbons (Fsp3) is 0.333. The molecule has 0 aliphatic heterocycles. The number of benzene rings is 2. The number of anilines is 1. The zero-order chi connectivity index (χ0) is 19.6. The maximum Gasteiger partial charge on any atom is 0.265 e. The van der Waals surface area contributed by atoms with Crippen molar-refractivity contribution in [2.45, 2.75) is 26.4 Å². The van der Waals surface area contributed by atoms with E-state index in [1.165, 1.54) is 0 Å². The van der Waals surface area contributed by atoms with E-state index in [1.807, 2.05) is 38.1 Å². The number of ether oxygens (including phenoxy) is 2. The van der Waals surface area contributed by atoms with Crippen molar-refractivity contribution < 1.29 is 19.1 Å². The Kier molecular flexibility index (Phi) is 7.82. The zero-order valence-electron chi connectivity index (χ0n) is 16.0. The highest BCUT2D eigenvalue weighted by molar-refractivity contribution is 6.04. The molecule has 0 bridgehead atoms. The molecule has 2 rings (SSSR count). The highest BCUT2D eigenvalue weighted by Gasteiger charge is 2.21. The molecule has 0 saturated carbocycles. The molecule has 0 aliphatic rings. The van der Waals surface area contributed by atoms with E-state index in [4.69, 9.17) is 9.47 Å². The van der Waals surface area contributed by atoms with Crippen molar-refractivity contribution in [2.75, 3.05) is 25.6 Å². The van der Waals surface area contributed by atoms with Gasteiger partial charge in [0, 0.05) is 13.7 Å². The van der Waals surface area contributed by atoms with Gasteiger partial charge in [0.2, 0.25) is 0 Å². The molecule has 6 heteroatoms. The van der Waals surface area contributed by atoms with Gasteiger partial charge in [0.1, 0.15) is 5.75 Å². The zero-order valence-corrected chi connectivity index (χ0v) is 16.0. The van der Waals surface area contributed by atoms with Gasteiger partial charge in [-0.15, -0.1) is 0 Å². The molecule has 2 aromatic rings. The number of aryl methyl sites for hydroxylation is 1. The minimum absolute atomic E-state index is 0.268. The molecule has 27 heavy (non-hydrogen) atoms. The van der Waals surface area contributed by atoms with Crippen molar-refractivity contribution in [1.82, 2.24) is 5.32 Å². The molecule has 0 saturated heterocycles. The second-order valence-electron chi connectivity index (χ2n) is 6.06. The van der Waals surface area contributed by atoms with Gasteiger partial charge in [0.15, 0.2) is 6.10 Å². The van der Waals surface area contributed by atoms with Gasteiger partial charge in [-0.1, -0.05) is 37.3 Å². The summed E-state index contributed by atoms with van der Waals surface area (Å²) < 4.78 is 10.8. The molecule has 0 fully saturated rings. The van der Waals surface area contributed by atoms with Gasteiger partial charge in [-0.2, -0.15) is 0 Å². The third kappa shape index (κ3) is 5.82. The molecule has 0 aromatic heterocycles. The Morgan fingerprint density at radius 3 is 2.48 bits per heavy atom. The van der Waals surface area contributed by atoms with Gasteiger partial charge in [-0.25, -0.2) is 0 Å². The average molecular weight is 370 g/mol. The van der Waals surface area contributed by atoms with Gasteiger partial charge >= 0.3 is 0 Å². The maximum atomic E-state index is 12.7. The van der Waals surface area contributed by atoms with Gasteiger partial charge < -0.3 is 20.1 Å². The summed E-state index contributed by atoms with van der Waals surface area (Å²) in [5.74, 6) is 0.110. The van der Waals surface area contributed by atoms with Crippen molar-refractivity contribution in [3.8, 4) is 5.75 Å². The number of carbonyl (C=O) groups is 2. The van der Waals surface area contributed by atoms with Crippen LogP contribution in [0.2, 0.25) is 0 Å². The summed E-state index contributed by atoms with van der Waals surface area (Å²) in [5, 5.41) is 5.57. The lowest BCUT2D eigenvalue weighted by atomic mass is 10.1. The fourth-order valence-electron chi connectivity index (χ4n) is 2.53. The lowest BCUT2D eigenvalue weighted by Gasteiger charge is -2.19. The lowest BCUT2D eigenvalue weighted by Crippen LogP contribution is -2.34. The number of hydrogen-bond acceptors (Lipinski definition) is 4. The molecule has 6 nitrogen and oxygen atoms in total. The van der Waals surface area contributed by atoms with Crippen LogP contribution in [-0.2, 0) is 9.53 Å². The van der Waals surface area contributed by atoms with Crippen LogP contribution in [0, 0.1) is 6.92 Å². The Labute approximate surface area is 159 Å². The summed E-state index contributed by atoms with van der Waals surface area (Å²) in [6.45, 7) is 4.62. The van der Waals surface area contributed by atoms with Crippen LogP contribution >= 0.6 is 0 Å². The smallest absolute Gasteiger partial charge is 0.265 e. The number of amides is 2. The maximum absolute atomic E-state index is 12.7. The van der Waals surface area contributed by atoms with E-state index < -0.39 is 6.10 Å². The second-order valence-corrected chi connectivity index (χ2v) is 6.06. The van der Waals surface area contributed by atoms with E-state index in [9.17, 15) is 9.59 Å². The molecule has 0 aliphatic carbocycles. The van der Waals surface area contributed by atoms with Gasteiger partial charge in [-0.3, -0.25) is 9.59 Å². The predicted octanol–water partition coefficient (Wildman–Crippen LogP) is 3.17. The largest absolute Gasteiger partial charge is 0.480 e. The Morgan fingerprint density at radius 1 is 1.07 bits per heavy atom. The third-order valence-corrected chi connectivity index (χ3v) is 4.05. The topological polar surface area (TPSA) is 76.7 Å². The van der Waals surface area contributed by atoms with E-state index in [-0.39, 0.29) is 11.8 Å².